The molecule has 100 valence electrons. The lowest BCUT2D eigenvalue weighted by Crippen LogP contribution is -2.27. The van der Waals surface area contributed by atoms with Crippen LogP contribution >= 0.6 is 0 Å². The predicted molar refractivity (Wildman–Crippen MR) is 74.4 cm³/mol. The van der Waals surface area contributed by atoms with E-state index in [1.165, 1.54) is 19.3 Å². The fourth-order valence-electron chi connectivity index (χ4n) is 2.54. The molecule has 0 aliphatic carbocycles. The minimum atomic E-state index is 0.435. The summed E-state index contributed by atoms with van der Waals surface area (Å²) in [5, 5.41) is 0. The summed E-state index contributed by atoms with van der Waals surface area (Å²) >= 11 is 0. The number of hydrogen-bond donors (Lipinski definition) is 2. The van der Waals surface area contributed by atoms with E-state index in [9.17, 15) is 0 Å². The second kappa shape index (κ2) is 5.10. The molecule has 0 saturated carbocycles. The molecule has 1 aromatic heterocycles. The highest BCUT2D eigenvalue weighted by molar-refractivity contribution is 5.57. The van der Waals surface area contributed by atoms with E-state index in [1.807, 2.05) is 6.92 Å². The first kappa shape index (κ1) is 13.1. The van der Waals surface area contributed by atoms with Crippen molar-refractivity contribution in [3.63, 3.8) is 0 Å². The Kier molecular flexibility index (Phi) is 3.71. The van der Waals surface area contributed by atoms with E-state index in [4.69, 9.17) is 5.84 Å². The Hall–Kier alpha value is -1.36. The Morgan fingerprint density at radius 1 is 1.28 bits per heavy atom. The van der Waals surface area contributed by atoms with E-state index < -0.39 is 0 Å². The van der Waals surface area contributed by atoms with Gasteiger partial charge in [0.05, 0.1) is 0 Å². The number of rotatable bonds is 2. The van der Waals surface area contributed by atoms with Crippen LogP contribution in [0.2, 0.25) is 0 Å². The molecule has 0 atom stereocenters. The summed E-state index contributed by atoms with van der Waals surface area (Å²) in [6.45, 7) is 8.81. The Bertz CT molecular complexity index is 416. The molecule has 0 bridgehead atoms. The molecule has 1 aliphatic rings. The van der Waals surface area contributed by atoms with Crippen molar-refractivity contribution in [3.05, 3.63) is 11.9 Å². The van der Waals surface area contributed by atoms with Crippen LogP contribution < -0.4 is 16.2 Å². The molecule has 0 radical (unpaired) electrons. The lowest BCUT2D eigenvalue weighted by molar-refractivity contribution is 0.325. The van der Waals surface area contributed by atoms with E-state index in [1.54, 1.807) is 6.33 Å². The van der Waals surface area contributed by atoms with Crippen molar-refractivity contribution in [2.45, 2.75) is 40.0 Å². The molecule has 0 amide bonds. The van der Waals surface area contributed by atoms with Crippen molar-refractivity contribution >= 4 is 11.6 Å². The average molecular weight is 249 g/mol. The monoisotopic (exact) mass is 249 g/mol. The largest absolute Gasteiger partial charge is 0.356 e. The topological polar surface area (TPSA) is 67.1 Å². The third-order valence-electron chi connectivity index (χ3n) is 3.83. The van der Waals surface area contributed by atoms with Gasteiger partial charge in [0.15, 0.2) is 0 Å². The van der Waals surface area contributed by atoms with Crippen molar-refractivity contribution in [3.8, 4) is 0 Å². The van der Waals surface area contributed by atoms with Gasteiger partial charge in [0.1, 0.15) is 18.0 Å². The molecule has 5 heteroatoms. The summed E-state index contributed by atoms with van der Waals surface area (Å²) in [6.07, 6.45) is 5.26. The normalized spacial score (nSPS) is 19.4. The zero-order valence-corrected chi connectivity index (χ0v) is 11.5. The van der Waals surface area contributed by atoms with Crippen LogP contribution in [0.5, 0.6) is 0 Å². The summed E-state index contributed by atoms with van der Waals surface area (Å²) in [6, 6.07) is 0. The molecule has 2 heterocycles. The summed E-state index contributed by atoms with van der Waals surface area (Å²) in [5.41, 5.74) is 4.09. The number of nitrogen functional groups attached to an aromatic ring is 1. The standard InChI is InChI=1S/C13H23N5/c1-10-11(17-14)15-9-16-12(10)18-7-4-5-13(2,3)6-8-18/h9H,4-8,14H2,1-3H3,(H,15,16,17). The van der Waals surface area contributed by atoms with E-state index in [0.29, 0.717) is 11.2 Å². The van der Waals surface area contributed by atoms with Gasteiger partial charge < -0.3 is 10.3 Å². The molecule has 1 fully saturated rings. The molecular weight excluding hydrogens is 226 g/mol. The van der Waals surface area contributed by atoms with Crippen LogP contribution in [-0.4, -0.2) is 23.1 Å². The molecule has 2 rings (SSSR count). The minimum absolute atomic E-state index is 0.435. The van der Waals surface area contributed by atoms with E-state index in [0.717, 1.165) is 24.5 Å². The Morgan fingerprint density at radius 2 is 2.06 bits per heavy atom. The van der Waals surface area contributed by atoms with Crippen LogP contribution in [0.3, 0.4) is 0 Å². The Balaban J connectivity index is 2.21. The first-order valence-electron chi connectivity index (χ1n) is 6.57. The molecule has 0 spiro atoms. The van der Waals surface area contributed by atoms with Crippen LogP contribution in [0.15, 0.2) is 6.33 Å². The number of hydrogen-bond acceptors (Lipinski definition) is 5. The number of nitrogens with two attached hydrogens (primary N) is 1. The maximum absolute atomic E-state index is 5.46. The second-order valence-corrected chi connectivity index (χ2v) is 5.82. The highest BCUT2D eigenvalue weighted by Crippen LogP contribution is 2.32. The quantitative estimate of drug-likeness (QED) is 0.620. The summed E-state index contributed by atoms with van der Waals surface area (Å²) < 4.78 is 0. The van der Waals surface area contributed by atoms with E-state index in [-0.39, 0.29) is 0 Å². The Morgan fingerprint density at radius 3 is 2.78 bits per heavy atom. The first-order chi connectivity index (χ1) is 8.53. The number of nitrogens with zero attached hydrogens (tertiary/aromatic N) is 3. The molecule has 1 aromatic rings. The maximum Gasteiger partial charge on any atom is 0.148 e. The van der Waals surface area contributed by atoms with E-state index >= 15 is 0 Å². The van der Waals surface area contributed by atoms with Gasteiger partial charge in [-0.05, 0) is 31.6 Å². The molecule has 3 N–H and O–H groups in total. The number of aromatic nitrogens is 2. The van der Waals surface area contributed by atoms with Gasteiger partial charge >= 0.3 is 0 Å². The highest BCUT2D eigenvalue weighted by atomic mass is 15.3. The zero-order chi connectivity index (χ0) is 13.2. The fourth-order valence-corrected chi connectivity index (χ4v) is 2.54. The molecule has 0 unspecified atom stereocenters. The van der Waals surface area contributed by atoms with Gasteiger partial charge in [0.2, 0.25) is 0 Å². The van der Waals surface area contributed by atoms with Crippen LogP contribution in [0.1, 0.15) is 38.7 Å². The second-order valence-electron chi connectivity index (χ2n) is 5.82. The summed E-state index contributed by atoms with van der Waals surface area (Å²) in [4.78, 5) is 10.9. The first-order valence-corrected chi connectivity index (χ1v) is 6.57. The van der Waals surface area contributed by atoms with Crippen molar-refractivity contribution < 1.29 is 0 Å². The average Bonchev–Trinajstić information content (AvgIpc) is 2.51. The van der Waals surface area contributed by atoms with Gasteiger partial charge in [-0.1, -0.05) is 13.8 Å². The van der Waals surface area contributed by atoms with Crippen LogP contribution in [0.25, 0.3) is 0 Å². The molecular formula is C13H23N5. The lowest BCUT2D eigenvalue weighted by atomic mass is 9.85. The predicted octanol–water partition coefficient (Wildman–Crippen LogP) is 2.09. The molecule has 18 heavy (non-hydrogen) atoms. The molecule has 1 saturated heterocycles. The third-order valence-corrected chi connectivity index (χ3v) is 3.83. The fraction of sp³-hybridized carbons (Fsp3) is 0.692. The van der Waals surface area contributed by atoms with Crippen LogP contribution in [-0.2, 0) is 0 Å². The van der Waals surface area contributed by atoms with Crippen molar-refractivity contribution in [2.75, 3.05) is 23.4 Å². The van der Waals surface area contributed by atoms with Gasteiger partial charge in [0, 0.05) is 18.7 Å². The number of nitrogens with one attached hydrogen (secondary N) is 1. The SMILES string of the molecule is Cc1c(NN)ncnc1N1CCCC(C)(C)CC1. The summed E-state index contributed by atoms with van der Waals surface area (Å²) in [7, 11) is 0. The smallest absolute Gasteiger partial charge is 0.148 e. The van der Waals surface area contributed by atoms with Gasteiger partial charge in [-0.25, -0.2) is 15.8 Å². The highest BCUT2D eigenvalue weighted by Gasteiger charge is 2.24. The molecule has 0 aromatic carbocycles. The minimum Gasteiger partial charge on any atom is -0.356 e. The summed E-state index contributed by atoms with van der Waals surface area (Å²) in [5.74, 6) is 7.19. The Labute approximate surface area is 109 Å². The van der Waals surface area contributed by atoms with Gasteiger partial charge in [-0.15, -0.1) is 0 Å². The maximum atomic E-state index is 5.46. The zero-order valence-electron chi connectivity index (χ0n) is 11.5. The molecule has 1 aliphatic heterocycles. The number of anilines is 2. The lowest BCUT2D eigenvalue weighted by Gasteiger charge is -2.25. The van der Waals surface area contributed by atoms with Gasteiger partial charge in [-0.2, -0.15) is 0 Å². The third kappa shape index (κ3) is 2.72. The van der Waals surface area contributed by atoms with Crippen LogP contribution in [0, 0.1) is 12.3 Å². The van der Waals surface area contributed by atoms with Crippen molar-refractivity contribution in [1.29, 1.82) is 0 Å². The van der Waals surface area contributed by atoms with Crippen LogP contribution in [0.4, 0.5) is 11.6 Å². The van der Waals surface area contributed by atoms with Crippen molar-refractivity contribution in [1.82, 2.24) is 9.97 Å². The van der Waals surface area contributed by atoms with E-state index in [2.05, 4.69) is 34.1 Å². The molecule has 5 nitrogen and oxygen atoms in total. The van der Waals surface area contributed by atoms with Gasteiger partial charge in [-0.3, -0.25) is 0 Å². The van der Waals surface area contributed by atoms with Crippen molar-refractivity contribution in [2.24, 2.45) is 11.3 Å². The number of hydrazine groups is 1. The van der Waals surface area contributed by atoms with Gasteiger partial charge in [0.25, 0.3) is 0 Å².